The molecule has 4 atom stereocenters. The van der Waals surface area contributed by atoms with Gasteiger partial charge in [0.05, 0.1) is 11.6 Å². The van der Waals surface area contributed by atoms with Gasteiger partial charge in [-0.25, -0.2) is 0 Å². The number of nitrogens with zero attached hydrogens (tertiary/aromatic N) is 2. The summed E-state index contributed by atoms with van der Waals surface area (Å²) >= 11 is 6.19. The van der Waals surface area contributed by atoms with Crippen molar-refractivity contribution in [2.45, 2.75) is 24.5 Å². The summed E-state index contributed by atoms with van der Waals surface area (Å²) < 4.78 is 0. The minimum Gasteiger partial charge on any atom is -0.508 e. The number of aliphatic hydroxyl groups is 3. The molecule has 2 aromatic carbocycles. The lowest BCUT2D eigenvalue weighted by Gasteiger charge is -2.50. The first-order valence-electron chi connectivity index (χ1n) is 12.7. The molecule has 1 fully saturated rings. The van der Waals surface area contributed by atoms with E-state index in [9.17, 15) is 34.8 Å². The molecule has 4 unspecified atom stereocenters. The number of primary amides is 1. The molecule has 0 aliphatic heterocycles. The van der Waals surface area contributed by atoms with Gasteiger partial charge in [-0.15, -0.1) is 0 Å². The number of ketones is 2. The molecule has 3 aliphatic carbocycles. The van der Waals surface area contributed by atoms with E-state index in [4.69, 9.17) is 17.3 Å². The molecule has 0 heterocycles. The third-order valence-corrected chi connectivity index (χ3v) is 8.55. The third-order valence-electron chi connectivity index (χ3n) is 8.31. The monoisotopic (exact) mass is 567 g/mol. The van der Waals surface area contributed by atoms with E-state index in [0.717, 1.165) is 0 Å². The van der Waals surface area contributed by atoms with E-state index in [2.05, 4.69) is 0 Å². The Kier molecular flexibility index (Phi) is 6.48. The van der Waals surface area contributed by atoms with Crippen LogP contribution in [0.15, 0.2) is 47.2 Å². The molecule has 0 aromatic heterocycles. The largest absolute Gasteiger partial charge is 0.508 e. The maximum Gasteiger partial charge on any atom is 0.255 e. The van der Waals surface area contributed by atoms with Crippen LogP contribution >= 0.6 is 11.6 Å². The highest BCUT2D eigenvalue weighted by Crippen LogP contribution is 2.55. The highest BCUT2D eigenvalue weighted by atomic mass is 35.5. The Hall–Kier alpha value is -3.86. The number of benzene rings is 2. The van der Waals surface area contributed by atoms with E-state index in [1.165, 1.54) is 4.90 Å². The number of hydrogen-bond donors (Lipinski definition) is 5. The Bertz CT molecular complexity index is 1560. The van der Waals surface area contributed by atoms with Crippen LogP contribution in [-0.4, -0.2) is 82.6 Å². The van der Waals surface area contributed by atoms with Crippen LogP contribution in [0, 0.1) is 11.8 Å². The van der Waals surface area contributed by atoms with Crippen LogP contribution in [0.1, 0.15) is 17.5 Å². The van der Waals surface area contributed by atoms with Crippen LogP contribution in [0.3, 0.4) is 0 Å². The fourth-order valence-electron chi connectivity index (χ4n) is 6.57. The standard InChI is InChI=1S/C29H30ClN3O7/c1-32(2)18-11-15(12-6-5-7-14(30)8-12)23(34)20-16(18)9-13-10-17-22(33(3)4)25(36)21(28(31)39)27(38)29(17,40)26(37)19(13)24(20)35/h5-8,11,13,17,22,34-35,38,40H,9-10H2,1-4H3,(H2,31,39). The van der Waals surface area contributed by atoms with Crippen molar-refractivity contribution in [1.82, 2.24) is 4.90 Å². The quantitative estimate of drug-likeness (QED) is 0.349. The van der Waals surface area contributed by atoms with Crippen molar-refractivity contribution in [2.75, 3.05) is 33.1 Å². The Balaban J connectivity index is 1.78. The number of aliphatic hydroxyl groups excluding tert-OH is 2. The first kappa shape index (κ1) is 27.7. The Morgan fingerprint density at radius 1 is 1.10 bits per heavy atom. The number of carbonyl (C=O) groups is 3. The molecule has 11 heteroatoms. The number of Topliss-reactive ketones (excluding diaryl/α,β-unsaturated/α-hetero) is 2. The van der Waals surface area contributed by atoms with Gasteiger partial charge in [-0.3, -0.25) is 19.3 Å². The summed E-state index contributed by atoms with van der Waals surface area (Å²) in [5.41, 5.74) is 3.89. The van der Waals surface area contributed by atoms with Gasteiger partial charge in [-0.05, 0) is 62.2 Å². The summed E-state index contributed by atoms with van der Waals surface area (Å²) in [6.45, 7) is 0. The number of amides is 1. The van der Waals surface area contributed by atoms with E-state index in [1.54, 1.807) is 44.4 Å². The zero-order chi connectivity index (χ0) is 29.4. The Morgan fingerprint density at radius 3 is 2.35 bits per heavy atom. The summed E-state index contributed by atoms with van der Waals surface area (Å²) in [5, 5.41) is 46.3. The van der Waals surface area contributed by atoms with E-state index in [0.29, 0.717) is 27.4 Å². The molecule has 0 spiro atoms. The topological polar surface area (TPSA) is 165 Å². The molecule has 1 saturated carbocycles. The van der Waals surface area contributed by atoms with Crippen LogP contribution in [0.2, 0.25) is 5.02 Å². The molecule has 40 heavy (non-hydrogen) atoms. The number of halogens is 1. The van der Waals surface area contributed by atoms with Gasteiger partial charge < -0.3 is 31.1 Å². The summed E-state index contributed by atoms with van der Waals surface area (Å²) in [4.78, 5) is 42.8. The van der Waals surface area contributed by atoms with Crippen LogP contribution < -0.4 is 10.6 Å². The van der Waals surface area contributed by atoms with E-state index in [1.807, 2.05) is 19.0 Å². The average Bonchev–Trinajstić information content (AvgIpc) is 2.85. The Morgan fingerprint density at radius 2 is 1.77 bits per heavy atom. The maximum atomic E-state index is 14.1. The fraction of sp³-hybridized carbons (Fsp3) is 0.345. The van der Waals surface area contributed by atoms with Gasteiger partial charge in [0.2, 0.25) is 5.78 Å². The van der Waals surface area contributed by atoms with Gasteiger partial charge in [0, 0.05) is 41.9 Å². The Labute approximate surface area is 235 Å². The molecule has 2 aromatic rings. The maximum absolute atomic E-state index is 14.1. The SMILES string of the molecule is CN(C)c1cc(-c2cccc(Cl)c2)c(O)c2c1CC1CC3C(N(C)C)C(=O)C(C(N)=O)=C(O)C3(O)C(=O)C1=C2O. The molecule has 210 valence electrons. The van der Waals surface area contributed by atoms with Crippen LogP contribution in [-0.2, 0) is 20.8 Å². The van der Waals surface area contributed by atoms with Crippen molar-refractivity contribution in [3.63, 3.8) is 0 Å². The number of likely N-dealkylation sites (N-methyl/N-ethyl adjacent to an activating group) is 1. The number of hydrogen-bond acceptors (Lipinski definition) is 9. The summed E-state index contributed by atoms with van der Waals surface area (Å²) in [5.74, 6) is -6.84. The van der Waals surface area contributed by atoms with Gasteiger partial charge >= 0.3 is 0 Å². The fourth-order valence-corrected chi connectivity index (χ4v) is 6.76. The number of nitrogens with two attached hydrogens (primary N) is 1. The van der Waals surface area contributed by atoms with Gasteiger partial charge in [-0.1, -0.05) is 23.7 Å². The zero-order valence-electron chi connectivity index (χ0n) is 22.4. The summed E-state index contributed by atoms with van der Waals surface area (Å²) in [6.07, 6.45) is 0.223. The van der Waals surface area contributed by atoms with Crippen LogP contribution in [0.5, 0.6) is 5.75 Å². The zero-order valence-corrected chi connectivity index (χ0v) is 23.2. The third kappa shape index (κ3) is 3.74. The van der Waals surface area contributed by atoms with Crippen LogP contribution in [0.25, 0.3) is 16.9 Å². The number of carbonyl (C=O) groups excluding carboxylic acids is 3. The number of anilines is 1. The molecule has 0 radical (unpaired) electrons. The molecular weight excluding hydrogens is 538 g/mol. The van der Waals surface area contributed by atoms with Crippen LogP contribution in [0.4, 0.5) is 5.69 Å². The van der Waals surface area contributed by atoms with Crippen molar-refractivity contribution < 1.29 is 34.8 Å². The first-order chi connectivity index (χ1) is 18.7. The molecule has 0 saturated heterocycles. The van der Waals surface area contributed by atoms with E-state index >= 15 is 0 Å². The highest BCUT2D eigenvalue weighted by Gasteiger charge is 2.64. The molecular formula is C29H30ClN3O7. The number of rotatable bonds is 4. The molecule has 5 rings (SSSR count). The van der Waals surface area contributed by atoms with Crippen molar-refractivity contribution in [1.29, 1.82) is 0 Å². The van der Waals surface area contributed by atoms with Gasteiger partial charge in [0.15, 0.2) is 11.4 Å². The predicted molar refractivity (Wildman–Crippen MR) is 149 cm³/mol. The normalized spacial score (nSPS) is 26.0. The van der Waals surface area contributed by atoms with Gasteiger partial charge in [-0.2, -0.15) is 0 Å². The lowest BCUT2D eigenvalue weighted by molar-refractivity contribution is -0.153. The average molecular weight is 568 g/mol. The lowest BCUT2D eigenvalue weighted by Crippen LogP contribution is -2.65. The van der Waals surface area contributed by atoms with Crippen molar-refractivity contribution >= 4 is 40.5 Å². The molecule has 6 N–H and O–H groups in total. The smallest absolute Gasteiger partial charge is 0.255 e. The second-order valence-corrected chi connectivity index (χ2v) is 11.4. The first-order valence-corrected chi connectivity index (χ1v) is 13.1. The predicted octanol–water partition coefficient (Wildman–Crippen LogP) is 2.35. The van der Waals surface area contributed by atoms with E-state index in [-0.39, 0.29) is 29.7 Å². The van der Waals surface area contributed by atoms with Crippen molar-refractivity contribution in [3.8, 4) is 16.9 Å². The number of phenolic OH excluding ortho intramolecular Hbond substituents is 1. The molecule has 1 amide bonds. The lowest BCUT2D eigenvalue weighted by atomic mass is 9.57. The minimum absolute atomic E-state index is 0.0233. The second-order valence-electron chi connectivity index (χ2n) is 11.0. The molecule has 10 nitrogen and oxygen atoms in total. The van der Waals surface area contributed by atoms with E-state index < -0.39 is 58.0 Å². The van der Waals surface area contributed by atoms with Gasteiger partial charge in [0.25, 0.3) is 5.91 Å². The van der Waals surface area contributed by atoms with Crippen molar-refractivity contribution in [2.24, 2.45) is 17.6 Å². The highest BCUT2D eigenvalue weighted by molar-refractivity contribution is 6.31. The number of aromatic hydroxyl groups is 1. The van der Waals surface area contributed by atoms with Gasteiger partial charge in [0.1, 0.15) is 22.8 Å². The summed E-state index contributed by atoms with van der Waals surface area (Å²) in [7, 11) is 6.75. The molecule has 3 aliphatic rings. The number of fused-ring (bicyclic) bond motifs is 3. The number of phenols is 1. The molecule has 0 bridgehead atoms. The van der Waals surface area contributed by atoms with Crippen molar-refractivity contribution in [3.05, 3.63) is 63.4 Å². The summed E-state index contributed by atoms with van der Waals surface area (Å²) in [6, 6.07) is 7.45. The second kappa shape index (κ2) is 9.36. The minimum atomic E-state index is -2.69.